The van der Waals surface area contributed by atoms with Gasteiger partial charge in [0.1, 0.15) is 4.64 Å². The molecule has 0 spiro atoms. The summed E-state index contributed by atoms with van der Waals surface area (Å²) in [7, 11) is 0. The molecule has 1 heterocycles. The highest BCUT2D eigenvalue weighted by Crippen LogP contribution is 2.09. The first kappa shape index (κ1) is 8.27. The lowest BCUT2D eigenvalue weighted by molar-refractivity contribution is 0.172. The summed E-state index contributed by atoms with van der Waals surface area (Å²) in [4.78, 5) is 0. The Morgan fingerprint density at radius 3 is 2.36 bits per heavy atom. The quantitative estimate of drug-likeness (QED) is 0.476. The maximum atomic E-state index is 9.38. The van der Waals surface area contributed by atoms with Crippen molar-refractivity contribution >= 4 is 12.2 Å². The first-order chi connectivity index (χ1) is 5.04. The minimum Gasteiger partial charge on any atom is -0.427 e. The van der Waals surface area contributed by atoms with Gasteiger partial charge in [-0.05, 0) is 31.9 Å². The Balaban J connectivity index is 3.59. The number of nitrogens with zero attached hydrogens (tertiary/aromatic N) is 1. The summed E-state index contributed by atoms with van der Waals surface area (Å²) in [6.45, 7) is 5.68. The van der Waals surface area contributed by atoms with E-state index in [9.17, 15) is 5.21 Å². The van der Waals surface area contributed by atoms with Crippen LogP contribution in [0.3, 0.4) is 0 Å². The maximum Gasteiger partial charge on any atom is 0.145 e. The second-order valence-electron chi connectivity index (χ2n) is 2.71. The number of hydrogen-bond acceptors (Lipinski definition) is 2. The molecule has 0 aromatic carbocycles. The van der Waals surface area contributed by atoms with Crippen molar-refractivity contribution in [2.45, 2.75) is 20.8 Å². The molecule has 1 aromatic rings. The number of aromatic nitrogens is 1. The molecule has 3 heteroatoms. The molecule has 1 N–H and O–H groups in total. The highest BCUT2D eigenvalue weighted by atomic mass is 32.1. The Bertz CT molecular complexity index is 341. The zero-order valence-corrected chi connectivity index (χ0v) is 7.70. The van der Waals surface area contributed by atoms with E-state index in [-0.39, 0.29) is 0 Å². The first-order valence-corrected chi connectivity index (χ1v) is 3.84. The van der Waals surface area contributed by atoms with Crippen molar-refractivity contribution in [1.29, 1.82) is 0 Å². The standard InChI is InChI=1S/C8H11NOS/c1-5-4-6(2)8(11)9(10)7(5)3/h4,10H,1-3H3. The van der Waals surface area contributed by atoms with E-state index in [4.69, 9.17) is 12.2 Å². The van der Waals surface area contributed by atoms with Crippen LogP contribution in [0.2, 0.25) is 0 Å². The summed E-state index contributed by atoms with van der Waals surface area (Å²) in [6, 6.07) is 1.98. The van der Waals surface area contributed by atoms with Gasteiger partial charge in [0.15, 0.2) is 0 Å². The van der Waals surface area contributed by atoms with Crippen LogP contribution in [0.15, 0.2) is 6.07 Å². The van der Waals surface area contributed by atoms with Gasteiger partial charge in [-0.25, -0.2) is 0 Å². The molecule has 0 radical (unpaired) electrons. The second-order valence-corrected chi connectivity index (χ2v) is 3.10. The summed E-state index contributed by atoms with van der Waals surface area (Å²) in [6.07, 6.45) is 0. The third kappa shape index (κ3) is 1.28. The van der Waals surface area contributed by atoms with E-state index in [1.165, 1.54) is 0 Å². The monoisotopic (exact) mass is 169 g/mol. The normalized spacial score (nSPS) is 10.1. The van der Waals surface area contributed by atoms with Gasteiger partial charge < -0.3 is 5.21 Å². The van der Waals surface area contributed by atoms with Crippen LogP contribution in [0, 0.1) is 25.4 Å². The highest BCUT2D eigenvalue weighted by Gasteiger charge is 2.00. The van der Waals surface area contributed by atoms with Crippen LogP contribution in [0.4, 0.5) is 0 Å². The summed E-state index contributed by atoms with van der Waals surface area (Å²) in [5, 5.41) is 9.38. The van der Waals surface area contributed by atoms with Crippen molar-refractivity contribution in [3.8, 4) is 0 Å². The fourth-order valence-electron chi connectivity index (χ4n) is 0.977. The molecule has 60 valence electrons. The van der Waals surface area contributed by atoms with Gasteiger partial charge in [0, 0.05) is 0 Å². The molecule has 0 saturated carbocycles. The van der Waals surface area contributed by atoms with E-state index in [0.717, 1.165) is 21.6 Å². The van der Waals surface area contributed by atoms with E-state index < -0.39 is 0 Å². The number of hydrogen-bond donors (Lipinski definition) is 1. The summed E-state index contributed by atoms with van der Waals surface area (Å²) in [5.41, 5.74) is 2.80. The van der Waals surface area contributed by atoms with E-state index >= 15 is 0 Å². The van der Waals surface area contributed by atoms with Gasteiger partial charge in [-0.15, -0.1) is 0 Å². The molecule has 1 aromatic heterocycles. The predicted octanol–water partition coefficient (Wildman–Crippen LogP) is 2.38. The van der Waals surface area contributed by atoms with Gasteiger partial charge in [0.2, 0.25) is 0 Å². The molecule has 0 aliphatic carbocycles. The maximum absolute atomic E-state index is 9.38. The fraction of sp³-hybridized carbons (Fsp3) is 0.375. The van der Waals surface area contributed by atoms with Crippen LogP contribution in [-0.2, 0) is 0 Å². The van der Waals surface area contributed by atoms with Crippen LogP contribution in [0.25, 0.3) is 0 Å². The fourth-order valence-corrected chi connectivity index (χ4v) is 1.17. The molecule has 0 atom stereocenters. The lowest BCUT2D eigenvalue weighted by Crippen LogP contribution is -2.03. The summed E-state index contributed by atoms with van der Waals surface area (Å²) >= 11 is 4.95. The topological polar surface area (TPSA) is 25.2 Å². The third-order valence-corrected chi connectivity index (χ3v) is 2.35. The van der Waals surface area contributed by atoms with E-state index in [1.807, 2.05) is 26.8 Å². The molecule has 0 aliphatic heterocycles. The average Bonchev–Trinajstić information content (AvgIpc) is 1.97. The first-order valence-electron chi connectivity index (χ1n) is 3.43. The smallest absolute Gasteiger partial charge is 0.145 e. The minimum atomic E-state index is 0.494. The van der Waals surface area contributed by atoms with Crippen molar-refractivity contribution in [2.24, 2.45) is 0 Å². The Morgan fingerprint density at radius 1 is 1.27 bits per heavy atom. The summed E-state index contributed by atoms with van der Waals surface area (Å²) in [5.74, 6) is 0. The number of rotatable bonds is 0. The van der Waals surface area contributed by atoms with E-state index in [0.29, 0.717) is 4.64 Å². The average molecular weight is 169 g/mol. The van der Waals surface area contributed by atoms with Gasteiger partial charge in [-0.2, -0.15) is 4.73 Å². The Labute approximate surface area is 71.1 Å². The Hall–Kier alpha value is -0.830. The minimum absolute atomic E-state index is 0.494. The SMILES string of the molecule is Cc1cc(C)c(=S)n(O)c1C. The molecule has 0 aliphatic rings. The highest BCUT2D eigenvalue weighted by molar-refractivity contribution is 7.71. The molecule has 0 saturated heterocycles. The zero-order chi connectivity index (χ0) is 8.59. The van der Waals surface area contributed by atoms with Crippen molar-refractivity contribution in [2.75, 3.05) is 0 Å². The van der Waals surface area contributed by atoms with Crippen LogP contribution < -0.4 is 0 Å². The second kappa shape index (κ2) is 2.66. The number of aryl methyl sites for hydroxylation is 2. The molecule has 0 amide bonds. The largest absolute Gasteiger partial charge is 0.427 e. The van der Waals surface area contributed by atoms with Crippen molar-refractivity contribution < 1.29 is 5.21 Å². The van der Waals surface area contributed by atoms with Gasteiger partial charge in [0.25, 0.3) is 0 Å². The van der Waals surface area contributed by atoms with Crippen molar-refractivity contribution in [1.82, 2.24) is 4.73 Å². The molecular formula is C8H11NOS. The Kier molecular flexibility index (Phi) is 2.00. The Morgan fingerprint density at radius 2 is 1.82 bits per heavy atom. The van der Waals surface area contributed by atoms with Crippen molar-refractivity contribution in [3.63, 3.8) is 0 Å². The molecular weight excluding hydrogens is 158 g/mol. The molecule has 0 bridgehead atoms. The molecule has 11 heavy (non-hydrogen) atoms. The van der Waals surface area contributed by atoms with Gasteiger partial charge in [-0.1, -0.05) is 18.3 Å². The predicted molar refractivity (Wildman–Crippen MR) is 46.7 cm³/mol. The van der Waals surface area contributed by atoms with E-state index in [2.05, 4.69) is 0 Å². The summed E-state index contributed by atoms with van der Waals surface area (Å²) < 4.78 is 1.55. The lowest BCUT2D eigenvalue weighted by Gasteiger charge is -2.07. The van der Waals surface area contributed by atoms with Gasteiger partial charge >= 0.3 is 0 Å². The molecule has 0 unspecified atom stereocenters. The molecule has 0 fully saturated rings. The van der Waals surface area contributed by atoms with Gasteiger partial charge in [-0.3, -0.25) is 0 Å². The van der Waals surface area contributed by atoms with E-state index in [1.54, 1.807) is 0 Å². The molecule has 1 rings (SSSR count). The van der Waals surface area contributed by atoms with Gasteiger partial charge in [0.05, 0.1) is 5.69 Å². The van der Waals surface area contributed by atoms with Crippen molar-refractivity contribution in [3.05, 3.63) is 27.5 Å². The van der Waals surface area contributed by atoms with Crippen LogP contribution >= 0.6 is 12.2 Å². The zero-order valence-electron chi connectivity index (χ0n) is 6.88. The van der Waals surface area contributed by atoms with Crippen LogP contribution in [0.1, 0.15) is 16.8 Å². The molecule has 2 nitrogen and oxygen atoms in total. The third-order valence-electron chi connectivity index (χ3n) is 1.85. The number of pyridine rings is 1. The van der Waals surface area contributed by atoms with Crippen LogP contribution in [-0.4, -0.2) is 9.94 Å². The van der Waals surface area contributed by atoms with Crippen LogP contribution in [0.5, 0.6) is 0 Å². The lowest BCUT2D eigenvalue weighted by atomic mass is 10.2.